The van der Waals surface area contributed by atoms with Gasteiger partial charge in [-0.15, -0.1) is 5.10 Å². The molecule has 4 aromatic rings. The molecule has 0 radical (unpaired) electrons. The normalized spacial score (nSPS) is 15.0. The van der Waals surface area contributed by atoms with E-state index in [1.165, 1.54) is 5.56 Å². The zero-order valence-electron chi connectivity index (χ0n) is 16.6. The van der Waals surface area contributed by atoms with Crippen LogP contribution in [0.5, 0.6) is 0 Å². The average molecular weight is 418 g/mol. The molecular weight excluding hydrogens is 394 g/mol. The second-order valence-electron chi connectivity index (χ2n) is 7.63. The third kappa shape index (κ3) is 3.99. The van der Waals surface area contributed by atoms with Gasteiger partial charge in [-0.05, 0) is 52.2 Å². The van der Waals surface area contributed by atoms with Crippen LogP contribution in [0.2, 0.25) is 0 Å². The molecule has 2 aromatic carbocycles. The number of thiophene rings is 1. The van der Waals surface area contributed by atoms with E-state index in [0.29, 0.717) is 6.54 Å². The number of piperazine rings is 1. The number of carbonyl (C=O) groups is 1. The highest BCUT2D eigenvalue weighted by Crippen LogP contribution is 2.16. The second-order valence-corrected chi connectivity index (χ2v) is 8.41. The number of hydrogen-bond donors (Lipinski definition) is 0. The second kappa shape index (κ2) is 8.38. The average Bonchev–Trinajstić information content (AvgIpc) is 3.45. The Kier molecular flexibility index (Phi) is 5.29. The van der Waals surface area contributed by atoms with Crippen LogP contribution in [0.1, 0.15) is 21.5 Å². The number of carbonyl (C=O) groups excluding carboxylic acids is 1. The van der Waals surface area contributed by atoms with E-state index in [1.807, 2.05) is 58.1 Å². The number of rotatable bonds is 5. The van der Waals surface area contributed by atoms with Gasteiger partial charge in [0.05, 0.1) is 12.1 Å². The minimum absolute atomic E-state index is 0.114. The van der Waals surface area contributed by atoms with Crippen molar-refractivity contribution in [2.75, 3.05) is 26.2 Å². The van der Waals surface area contributed by atoms with Crippen LogP contribution < -0.4 is 0 Å². The number of fused-ring (bicyclic) bond motifs is 1. The van der Waals surface area contributed by atoms with Crippen LogP contribution in [0.3, 0.4) is 0 Å². The van der Waals surface area contributed by atoms with Crippen LogP contribution >= 0.6 is 11.3 Å². The molecule has 1 amide bonds. The van der Waals surface area contributed by atoms with Gasteiger partial charge in [-0.25, -0.2) is 4.68 Å². The Bertz CT molecular complexity index is 1130. The first kappa shape index (κ1) is 19.0. The van der Waals surface area contributed by atoms with Gasteiger partial charge in [-0.2, -0.15) is 11.3 Å². The fourth-order valence-corrected chi connectivity index (χ4v) is 4.55. The first-order chi connectivity index (χ1) is 14.8. The minimum Gasteiger partial charge on any atom is -0.336 e. The molecule has 1 fully saturated rings. The van der Waals surface area contributed by atoms with Crippen LogP contribution in [0, 0.1) is 0 Å². The van der Waals surface area contributed by atoms with E-state index in [0.717, 1.165) is 54.9 Å². The Morgan fingerprint density at radius 3 is 2.47 bits per heavy atom. The van der Waals surface area contributed by atoms with Gasteiger partial charge in [0.15, 0.2) is 0 Å². The fourth-order valence-electron chi connectivity index (χ4n) is 3.89. The third-order valence-corrected chi connectivity index (χ3v) is 6.33. The molecule has 2 aromatic heterocycles. The number of benzene rings is 2. The van der Waals surface area contributed by atoms with Crippen molar-refractivity contribution in [1.82, 2.24) is 24.8 Å². The smallest absolute Gasteiger partial charge is 0.253 e. The summed E-state index contributed by atoms with van der Waals surface area (Å²) in [7, 11) is 0. The molecule has 3 heterocycles. The highest BCUT2D eigenvalue weighted by atomic mass is 32.1. The predicted molar refractivity (Wildman–Crippen MR) is 119 cm³/mol. The molecule has 0 aliphatic carbocycles. The number of aromatic nitrogens is 3. The Morgan fingerprint density at radius 2 is 1.70 bits per heavy atom. The summed E-state index contributed by atoms with van der Waals surface area (Å²) in [5.41, 5.74) is 5.10. The molecule has 0 N–H and O–H groups in total. The summed E-state index contributed by atoms with van der Waals surface area (Å²) in [5, 5.41) is 12.8. The number of amides is 1. The monoisotopic (exact) mass is 417 g/mol. The largest absolute Gasteiger partial charge is 0.336 e. The predicted octanol–water partition coefficient (Wildman–Crippen LogP) is 3.50. The molecule has 152 valence electrons. The van der Waals surface area contributed by atoms with Crippen molar-refractivity contribution in [3.05, 3.63) is 82.0 Å². The summed E-state index contributed by atoms with van der Waals surface area (Å²) >= 11 is 1.73. The molecule has 1 aliphatic heterocycles. The van der Waals surface area contributed by atoms with Crippen LogP contribution in [-0.2, 0) is 13.1 Å². The number of hydrogen-bond acceptors (Lipinski definition) is 5. The van der Waals surface area contributed by atoms with E-state index in [-0.39, 0.29) is 5.91 Å². The Morgan fingerprint density at radius 1 is 0.900 bits per heavy atom. The molecule has 6 nitrogen and oxygen atoms in total. The van der Waals surface area contributed by atoms with E-state index in [9.17, 15) is 4.79 Å². The summed E-state index contributed by atoms with van der Waals surface area (Å²) in [6, 6.07) is 18.0. The van der Waals surface area contributed by atoms with Gasteiger partial charge < -0.3 is 4.90 Å². The zero-order chi connectivity index (χ0) is 20.3. The molecular formula is C23H23N5OS. The van der Waals surface area contributed by atoms with Crippen molar-refractivity contribution < 1.29 is 4.79 Å². The van der Waals surface area contributed by atoms with Crippen molar-refractivity contribution >= 4 is 28.3 Å². The molecule has 0 saturated carbocycles. The standard InChI is InChI=1S/C23H23N5OS/c29-23(27-12-10-26(11-13-27)15-19-9-14-30-17-19)20-7-5-18(6-8-20)16-28-22-4-2-1-3-21(22)24-25-28/h1-9,14,17H,10-13,15-16H2. The first-order valence-electron chi connectivity index (χ1n) is 10.2. The molecule has 5 rings (SSSR count). The quantitative estimate of drug-likeness (QED) is 0.499. The molecule has 7 heteroatoms. The summed E-state index contributed by atoms with van der Waals surface area (Å²) in [5.74, 6) is 0.114. The van der Waals surface area contributed by atoms with Crippen LogP contribution in [-0.4, -0.2) is 56.9 Å². The van der Waals surface area contributed by atoms with Crippen molar-refractivity contribution in [2.24, 2.45) is 0 Å². The van der Waals surface area contributed by atoms with Crippen LogP contribution in [0.25, 0.3) is 11.0 Å². The lowest BCUT2D eigenvalue weighted by Gasteiger charge is -2.34. The highest BCUT2D eigenvalue weighted by Gasteiger charge is 2.22. The van der Waals surface area contributed by atoms with Crippen molar-refractivity contribution in [2.45, 2.75) is 13.1 Å². The first-order valence-corrected chi connectivity index (χ1v) is 11.1. The lowest BCUT2D eigenvalue weighted by molar-refractivity contribution is 0.0628. The third-order valence-electron chi connectivity index (χ3n) is 5.60. The van der Waals surface area contributed by atoms with Gasteiger partial charge in [0.1, 0.15) is 5.52 Å². The molecule has 1 aliphatic rings. The van der Waals surface area contributed by atoms with Gasteiger partial charge >= 0.3 is 0 Å². The highest BCUT2D eigenvalue weighted by molar-refractivity contribution is 7.07. The summed E-state index contributed by atoms with van der Waals surface area (Å²) < 4.78 is 1.89. The Labute approximate surface area is 179 Å². The molecule has 0 atom stereocenters. The van der Waals surface area contributed by atoms with Crippen molar-refractivity contribution in [3.63, 3.8) is 0 Å². The van der Waals surface area contributed by atoms with E-state index in [2.05, 4.69) is 32.0 Å². The molecule has 0 bridgehead atoms. The Hall–Kier alpha value is -3.03. The maximum Gasteiger partial charge on any atom is 0.253 e. The number of nitrogens with zero attached hydrogens (tertiary/aromatic N) is 5. The van der Waals surface area contributed by atoms with Crippen molar-refractivity contribution in [3.8, 4) is 0 Å². The maximum atomic E-state index is 12.9. The van der Waals surface area contributed by atoms with E-state index < -0.39 is 0 Å². The van der Waals surface area contributed by atoms with Gasteiger partial charge in [0.25, 0.3) is 5.91 Å². The van der Waals surface area contributed by atoms with Gasteiger partial charge in [0.2, 0.25) is 0 Å². The van der Waals surface area contributed by atoms with Crippen LogP contribution in [0.15, 0.2) is 65.4 Å². The molecule has 30 heavy (non-hydrogen) atoms. The van der Waals surface area contributed by atoms with E-state index in [4.69, 9.17) is 0 Å². The summed E-state index contributed by atoms with van der Waals surface area (Å²) in [4.78, 5) is 17.3. The fraction of sp³-hybridized carbons (Fsp3) is 0.261. The summed E-state index contributed by atoms with van der Waals surface area (Å²) in [6.45, 7) is 4.98. The lowest BCUT2D eigenvalue weighted by Crippen LogP contribution is -2.48. The SMILES string of the molecule is O=C(c1ccc(Cn2nnc3ccccc32)cc1)N1CCN(Cc2ccsc2)CC1. The maximum absolute atomic E-state index is 12.9. The topological polar surface area (TPSA) is 54.3 Å². The molecule has 0 spiro atoms. The van der Waals surface area contributed by atoms with Gasteiger partial charge in [-0.3, -0.25) is 9.69 Å². The molecule has 1 saturated heterocycles. The number of para-hydroxylation sites is 1. The lowest BCUT2D eigenvalue weighted by atomic mass is 10.1. The van der Waals surface area contributed by atoms with Crippen molar-refractivity contribution in [1.29, 1.82) is 0 Å². The van der Waals surface area contributed by atoms with E-state index >= 15 is 0 Å². The Balaban J connectivity index is 1.20. The van der Waals surface area contributed by atoms with Gasteiger partial charge in [0, 0.05) is 38.3 Å². The minimum atomic E-state index is 0.114. The van der Waals surface area contributed by atoms with Crippen LogP contribution in [0.4, 0.5) is 0 Å². The summed E-state index contributed by atoms with van der Waals surface area (Å²) in [6.07, 6.45) is 0. The van der Waals surface area contributed by atoms with Gasteiger partial charge in [-0.1, -0.05) is 29.5 Å². The van der Waals surface area contributed by atoms with E-state index in [1.54, 1.807) is 11.3 Å². The zero-order valence-corrected chi connectivity index (χ0v) is 17.5. The molecule has 0 unspecified atom stereocenters.